The van der Waals surface area contributed by atoms with Gasteiger partial charge in [-0.2, -0.15) is 0 Å². The van der Waals surface area contributed by atoms with Gasteiger partial charge in [0.25, 0.3) is 0 Å². The van der Waals surface area contributed by atoms with Crippen LogP contribution >= 0.6 is 0 Å². The molecule has 0 saturated heterocycles. The van der Waals surface area contributed by atoms with Gasteiger partial charge >= 0.3 is 0 Å². The third-order valence-corrected chi connectivity index (χ3v) is 0.810. The Labute approximate surface area is 55.7 Å². The minimum atomic E-state index is 0.497. The highest BCUT2D eigenvalue weighted by Gasteiger charge is 1.89. The van der Waals surface area contributed by atoms with E-state index in [1.807, 2.05) is 21.0 Å². The SMILES string of the molecule is CCN/N=C(\N)N(C)C. The van der Waals surface area contributed by atoms with Gasteiger partial charge in [0.05, 0.1) is 0 Å². The van der Waals surface area contributed by atoms with Crippen LogP contribution in [0.4, 0.5) is 0 Å². The predicted octanol–water partition coefficient (Wildman–Crippen LogP) is -0.613. The van der Waals surface area contributed by atoms with Gasteiger partial charge in [-0.05, 0) is 6.92 Å². The van der Waals surface area contributed by atoms with Crippen molar-refractivity contribution < 1.29 is 0 Å². The summed E-state index contributed by atoms with van der Waals surface area (Å²) in [6.45, 7) is 2.76. The first-order valence-electron chi connectivity index (χ1n) is 2.91. The van der Waals surface area contributed by atoms with Crippen LogP contribution in [0.3, 0.4) is 0 Å². The molecule has 0 fully saturated rings. The standard InChI is InChI=1S/C5H14N4/c1-4-7-8-5(6)9(2)3/h7H,4H2,1-3H3,(H2,6,8). The van der Waals surface area contributed by atoms with E-state index < -0.39 is 0 Å². The molecule has 3 N–H and O–H groups in total. The first-order chi connectivity index (χ1) is 4.18. The van der Waals surface area contributed by atoms with Crippen LogP contribution < -0.4 is 11.2 Å². The van der Waals surface area contributed by atoms with E-state index in [2.05, 4.69) is 10.5 Å². The normalized spacial score (nSPS) is 11.2. The smallest absolute Gasteiger partial charge is 0.213 e. The van der Waals surface area contributed by atoms with Crippen molar-refractivity contribution in [3.8, 4) is 0 Å². The molecule has 4 nitrogen and oxygen atoms in total. The van der Waals surface area contributed by atoms with Gasteiger partial charge in [0, 0.05) is 20.6 Å². The molecule has 4 heteroatoms. The van der Waals surface area contributed by atoms with Crippen molar-refractivity contribution in [2.45, 2.75) is 6.92 Å². The lowest BCUT2D eigenvalue weighted by atomic mass is 10.8. The van der Waals surface area contributed by atoms with Crippen molar-refractivity contribution in [3.05, 3.63) is 0 Å². The molecule has 9 heavy (non-hydrogen) atoms. The van der Waals surface area contributed by atoms with Crippen LogP contribution in [-0.4, -0.2) is 31.5 Å². The molecule has 0 rings (SSSR count). The van der Waals surface area contributed by atoms with E-state index in [4.69, 9.17) is 5.73 Å². The van der Waals surface area contributed by atoms with Crippen LogP contribution in [0.25, 0.3) is 0 Å². The minimum Gasteiger partial charge on any atom is -0.368 e. The number of nitrogens with one attached hydrogen (secondary N) is 1. The van der Waals surface area contributed by atoms with Crippen LogP contribution in [0, 0.1) is 0 Å². The van der Waals surface area contributed by atoms with E-state index in [1.165, 1.54) is 0 Å². The zero-order chi connectivity index (χ0) is 7.28. The average Bonchev–Trinajstić information content (AvgIpc) is 1.82. The van der Waals surface area contributed by atoms with Crippen molar-refractivity contribution >= 4 is 5.96 Å². The first kappa shape index (κ1) is 8.07. The number of hydrazone groups is 1. The Morgan fingerprint density at radius 2 is 2.22 bits per heavy atom. The maximum atomic E-state index is 5.42. The number of nitrogens with two attached hydrogens (primary N) is 1. The molecule has 0 aromatic heterocycles. The van der Waals surface area contributed by atoms with Crippen LogP contribution in [0.1, 0.15) is 6.92 Å². The Morgan fingerprint density at radius 1 is 1.67 bits per heavy atom. The minimum absolute atomic E-state index is 0.497. The van der Waals surface area contributed by atoms with Crippen LogP contribution in [0.15, 0.2) is 5.10 Å². The van der Waals surface area contributed by atoms with E-state index in [0.717, 1.165) is 6.54 Å². The number of nitrogens with zero attached hydrogens (tertiary/aromatic N) is 2. The van der Waals surface area contributed by atoms with E-state index >= 15 is 0 Å². The molecule has 0 spiro atoms. The molecule has 0 aromatic rings. The zero-order valence-electron chi connectivity index (χ0n) is 6.18. The summed E-state index contributed by atoms with van der Waals surface area (Å²) in [6.07, 6.45) is 0. The van der Waals surface area contributed by atoms with E-state index in [9.17, 15) is 0 Å². The molecular formula is C5H14N4. The quantitative estimate of drug-likeness (QED) is 0.298. The Balaban J connectivity index is 3.55. The average molecular weight is 130 g/mol. The number of hydrogen-bond donors (Lipinski definition) is 2. The fourth-order valence-electron chi connectivity index (χ4n) is 0.260. The molecule has 0 aliphatic heterocycles. The van der Waals surface area contributed by atoms with Crippen LogP contribution in [0.5, 0.6) is 0 Å². The van der Waals surface area contributed by atoms with Gasteiger partial charge in [0.15, 0.2) is 0 Å². The van der Waals surface area contributed by atoms with Crippen molar-refractivity contribution in [1.82, 2.24) is 10.3 Å². The van der Waals surface area contributed by atoms with Crippen LogP contribution in [0.2, 0.25) is 0 Å². The van der Waals surface area contributed by atoms with Crippen molar-refractivity contribution in [3.63, 3.8) is 0 Å². The van der Waals surface area contributed by atoms with Gasteiger partial charge in [-0.3, -0.25) is 0 Å². The molecule has 0 bridgehead atoms. The second kappa shape index (κ2) is 4.00. The number of rotatable bonds is 2. The highest BCUT2D eigenvalue weighted by molar-refractivity contribution is 5.77. The molecule has 0 atom stereocenters. The summed E-state index contributed by atoms with van der Waals surface area (Å²) in [7, 11) is 3.69. The van der Waals surface area contributed by atoms with E-state index in [-0.39, 0.29) is 0 Å². The van der Waals surface area contributed by atoms with Gasteiger partial charge < -0.3 is 16.1 Å². The molecule has 0 unspecified atom stereocenters. The Bertz CT molecular complexity index is 97.1. The van der Waals surface area contributed by atoms with E-state index in [1.54, 1.807) is 4.90 Å². The van der Waals surface area contributed by atoms with Gasteiger partial charge in [-0.25, -0.2) is 0 Å². The predicted molar refractivity (Wildman–Crippen MR) is 39.0 cm³/mol. The lowest BCUT2D eigenvalue weighted by Gasteiger charge is -2.09. The summed E-state index contributed by atoms with van der Waals surface area (Å²) in [5.74, 6) is 0.497. The van der Waals surface area contributed by atoms with Gasteiger partial charge in [-0.15, -0.1) is 5.10 Å². The molecule has 0 aromatic carbocycles. The highest BCUT2D eigenvalue weighted by atomic mass is 15.4. The Kier molecular flexibility index (Phi) is 3.59. The summed E-state index contributed by atoms with van der Waals surface area (Å²) >= 11 is 0. The third kappa shape index (κ3) is 3.64. The first-order valence-corrected chi connectivity index (χ1v) is 2.91. The second-order valence-corrected chi connectivity index (χ2v) is 1.88. The largest absolute Gasteiger partial charge is 0.368 e. The fourth-order valence-corrected chi connectivity index (χ4v) is 0.260. The molecule has 0 saturated carbocycles. The van der Waals surface area contributed by atoms with Crippen molar-refractivity contribution in [2.24, 2.45) is 10.8 Å². The molecule has 0 aliphatic rings. The summed E-state index contributed by atoms with van der Waals surface area (Å²) in [5, 5.41) is 3.81. The molecule has 0 amide bonds. The molecule has 0 heterocycles. The van der Waals surface area contributed by atoms with Crippen molar-refractivity contribution in [1.29, 1.82) is 0 Å². The molecule has 0 aliphatic carbocycles. The van der Waals surface area contributed by atoms with Crippen molar-refractivity contribution in [2.75, 3.05) is 20.6 Å². The number of guanidine groups is 1. The zero-order valence-corrected chi connectivity index (χ0v) is 6.18. The third-order valence-electron chi connectivity index (χ3n) is 0.810. The Hall–Kier alpha value is -0.930. The summed E-state index contributed by atoms with van der Waals surface area (Å²) < 4.78 is 0. The van der Waals surface area contributed by atoms with E-state index in [0.29, 0.717) is 5.96 Å². The maximum absolute atomic E-state index is 5.42. The molecule has 54 valence electrons. The summed E-state index contributed by atoms with van der Waals surface area (Å²) in [5.41, 5.74) is 8.17. The summed E-state index contributed by atoms with van der Waals surface area (Å²) in [4.78, 5) is 1.74. The highest BCUT2D eigenvalue weighted by Crippen LogP contribution is 1.70. The topological polar surface area (TPSA) is 53.6 Å². The number of hydrogen-bond acceptors (Lipinski definition) is 2. The molecular weight excluding hydrogens is 116 g/mol. The van der Waals surface area contributed by atoms with Crippen LogP contribution in [-0.2, 0) is 0 Å². The van der Waals surface area contributed by atoms with Gasteiger partial charge in [0.2, 0.25) is 5.96 Å². The Morgan fingerprint density at radius 3 is 2.56 bits per heavy atom. The second-order valence-electron chi connectivity index (χ2n) is 1.88. The summed E-state index contributed by atoms with van der Waals surface area (Å²) in [6, 6.07) is 0. The monoisotopic (exact) mass is 130 g/mol. The maximum Gasteiger partial charge on any atom is 0.213 e. The van der Waals surface area contributed by atoms with Gasteiger partial charge in [0.1, 0.15) is 0 Å². The lowest BCUT2D eigenvalue weighted by Crippen LogP contribution is -2.32. The van der Waals surface area contributed by atoms with Gasteiger partial charge in [-0.1, -0.05) is 0 Å². The molecule has 0 radical (unpaired) electrons. The fraction of sp³-hybridized carbons (Fsp3) is 0.800. The lowest BCUT2D eigenvalue weighted by molar-refractivity contribution is 0.598.